The van der Waals surface area contributed by atoms with Gasteiger partial charge >= 0.3 is 6.09 Å². The zero-order valence-corrected chi connectivity index (χ0v) is 12.7. The van der Waals surface area contributed by atoms with E-state index >= 15 is 0 Å². The SMILES string of the molecule is COCCCNC(=O)[C@H]1CCCN1C(=O)OCC(C)C. The van der Waals surface area contributed by atoms with E-state index < -0.39 is 6.04 Å². The van der Waals surface area contributed by atoms with Gasteiger partial charge in [0, 0.05) is 26.8 Å². The van der Waals surface area contributed by atoms with Gasteiger partial charge in [-0.15, -0.1) is 0 Å². The summed E-state index contributed by atoms with van der Waals surface area (Å²) in [6.07, 6.45) is 1.93. The van der Waals surface area contributed by atoms with Gasteiger partial charge in [-0.25, -0.2) is 4.79 Å². The average Bonchev–Trinajstić information content (AvgIpc) is 2.90. The fourth-order valence-electron chi connectivity index (χ4n) is 2.12. The lowest BCUT2D eigenvalue weighted by molar-refractivity contribution is -0.125. The maximum Gasteiger partial charge on any atom is 0.410 e. The van der Waals surface area contributed by atoms with E-state index in [1.165, 1.54) is 4.90 Å². The minimum absolute atomic E-state index is 0.0971. The normalized spacial score (nSPS) is 18.4. The van der Waals surface area contributed by atoms with Gasteiger partial charge in [-0.05, 0) is 25.2 Å². The minimum Gasteiger partial charge on any atom is -0.449 e. The summed E-state index contributed by atoms with van der Waals surface area (Å²) in [5.41, 5.74) is 0. The Labute approximate surface area is 120 Å². The fourth-order valence-corrected chi connectivity index (χ4v) is 2.12. The van der Waals surface area contributed by atoms with Crippen LogP contribution < -0.4 is 5.32 Å². The third kappa shape index (κ3) is 5.36. The molecule has 6 nitrogen and oxygen atoms in total. The van der Waals surface area contributed by atoms with Crippen molar-refractivity contribution >= 4 is 12.0 Å². The predicted octanol–water partition coefficient (Wildman–Crippen LogP) is 1.40. The molecule has 0 saturated carbocycles. The van der Waals surface area contributed by atoms with Crippen LogP contribution in [0.1, 0.15) is 33.1 Å². The van der Waals surface area contributed by atoms with E-state index in [9.17, 15) is 9.59 Å². The lowest BCUT2D eigenvalue weighted by Crippen LogP contribution is -2.46. The van der Waals surface area contributed by atoms with Gasteiger partial charge in [0.2, 0.25) is 5.91 Å². The van der Waals surface area contributed by atoms with Crippen molar-refractivity contribution in [1.29, 1.82) is 0 Å². The van der Waals surface area contributed by atoms with Crippen LogP contribution in [0.4, 0.5) is 4.79 Å². The number of carbonyl (C=O) groups excluding carboxylic acids is 2. The van der Waals surface area contributed by atoms with Crippen LogP contribution >= 0.6 is 0 Å². The highest BCUT2D eigenvalue weighted by atomic mass is 16.6. The van der Waals surface area contributed by atoms with E-state index in [-0.39, 0.29) is 12.0 Å². The summed E-state index contributed by atoms with van der Waals surface area (Å²) in [6, 6.07) is -0.391. The van der Waals surface area contributed by atoms with Gasteiger partial charge < -0.3 is 14.8 Å². The van der Waals surface area contributed by atoms with Gasteiger partial charge in [0.05, 0.1) is 6.61 Å². The molecule has 0 aromatic heterocycles. The van der Waals surface area contributed by atoms with Crippen LogP contribution in [0.3, 0.4) is 0 Å². The Balaban J connectivity index is 2.39. The van der Waals surface area contributed by atoms with Crippen LogP contribution in [0.5, 0.6) is 0 Å². The first-order chi connectivity index (χ1) is 9.56. The number of methoxy groups -OCH3 is 1. The molecule has 1 saturated heterocycles. The van der Waals surface area contributed by atoms with E-state index in [1.54, 1.807) is 7.11 Å². The summed E-state index contributed by atoms with van der Waals surface area (Å²) in [5, 5.41) is 2.84. The van der Waals surface area contributed by atoms with Gasteiger partial charge in [0.25, 0.3) is 0 Å². The highest BCUT2D eigenvalue weighted by Gasteiger charge is 2.34. The third-order valence-electron chi connectivity index (χ3n) is 3.15. The van der Waals surface area contributed by atoms with Crippen LogP contribution in [-0.4, -0.2) is 56.4 Å². The van der Waals surface area contributed by atoms with E-state index in [1.807, 2.05) is 13.8 Å². The zero-order chi connectivity index (χ0) is 15.0. The third-order valence-corrected chi connectivity index (χ3v) is 3.15. The Hall–Kier alpha value is -1.30. The summed E-state index contributed by atoms with van der Waals surface area (Å²) in [5.74, 6) is 0.197. The molecule has 0 bridgehead atoms. The van der Waals surface area contributed by atoms with Crippen molar-refractivity contribution in [3.8, 4) is 0 Å². The quantitative estimate of drug-likeness (QED) is 0.718. The van der Waals surface area contributed by atoms with Gasteiger partial charge in [0.1, 0.15) is 6.04 Å². The molecule has 0 spiro atoms. The summed E-state index contributed by atoms with van der Waals surface area (Å²) in [7, 11) is 1.63. The molecule has 0 aliphatic carbocycles. The van der Waals surface area contributed by atoms with Crippen LogP contribution in [0.2, 0.25) is 0 Å². The Morgan fingerprint density at radius 2 is 2.15 bits per heavy atom. The highest BCUT2D eigenvalue weighted by molar-refractivity contribution is 5.86. The smallest absolute Gasteiger partial charge is 0.410 e. The largest absolute Gasteiger partial charge is 0.449 e. The fraction of sp³-hybridized carbons (Fsp3) is 0.857. The van der Waals surface area contributed by atoms with E-state index in [0.717, 1.165) is 12.8 Å². The second kappa shape index (κ2) is 8.79. The number of nitrogens with one attached hydrogen (secondary N) is 1. The number of rotatable bonds is 7. The average molecular weight is 286 g/mol. The van der Waals surface area contributed by atoms with E-state index in [2.05, 4.69) is 5.32 Å². The van der Waals surface area contributed by atoms with Crippen molar-refractivity contribution in [1.82, 2.24) is 10.2 Å². The second-order valence-electron chi connectivity index (χ2n) is 5.46. The molecule has 2 amide bonds. The second-order valence-corrected chi connectivity index (χ2v) is 5.46. The standard InChI is InChI=1S/C14H26N2O4/c1-11(2)10-20-14(18)16-8-4-6-12(16)13(17)15-7-5-9-19-3/h11-12H,4-10H2,1-3H3,(H,15,17)/t12-/m1/s1. The molecule has 1 fully saturated rings. The van der Waals surface area contributed by atoms with Crippen molar-refractivity contribution in [2.24, 2.45) is 5.92 Å². The van der Waals surface area contributed by atoms with E-state index in [4.69, 9.17) is 9.47 Å². The number of carbonyl (C=O) groups is 2. The van der Waals surface area contributed by atoms with E-state index in [0.29, 0.717) is 38.6 Å². The maximum atomic E-state index is 12.1. The molecule has 0 aromatic rings. The number of likely N-dealkylation sites (tertiary alicyclic amines) is 1. The van der Waals surface area contributed by atoms with Crippen molar-refractivity contribution < 1.29 is 19.1 Å². The van der Waals surface area contributed by atoms with Crippen LogP contribution in [-0.2, 0) is 14.3 Å². The summed E-state index contributed by atoms with van der Waals surface area (Å²) in [6.45, 7) is 6.13. The molecule has 0 radical (unpaired) electrons. The van der Waals surface area contributed by atoms with Crippen molar-refractivity contribution in [3.05, 3.63) is 0 Å². The predicted molar refractivity (Wildman–Crippen MR) is 75.4 cm³/mol. The summed E-state index contributed by atoms with van der Waals surface area (Å²) < 4.78 is 10.1. The molecule has 1 N–H and O–H groups in total. The van der Waals surface area contributed by atoms with Crippen LogP contribution in [0.25, 0.3) is 0 Å². The molecule has 6 heteroatoms. The number of hydrogen-bond donors (Lipinski definition) is 1. The Morgan fingerprint density at radius 3 is 2.80 bits per heavy atom. The van der Waals surface area contributed by atoms with Gasteiger partial charge in [-0.1, -0.05) is 13.8 Å². The van der Waals surface area contributed by atoms with Crippen molar-refractivity contribution in [2.45, 2.75) is 39.2 Å². The molecule has 0 aromatic carbocycles. The number of nitrogens with zero attached hydrogens (tertiary/aromatic N) is 1. The monoisotopic (exact) mass is 286 g/mol. The summed E-state index contributed by atoms with van der Waals surface area (Å²) >= 11 is 0. The topological polar surface area (TPSA) is 67.9 Å². The molecule has 1 rings (SSSR count). The first-order valence-electron chi connectivity index (χ1n) is 7.26. The van der Waals surface area contributed by atoms with Crippen LogP contribution in [0.15, 0.2) is 0 Å². The Kier molecular flexibility index (Phi) is 7.36. The first kappa shape index (κ1) is 16.8. The maximum absolute atomic E-state index is 12.1. The van der Waals surface area contributed by atoms with Gasteiger partial charge in [-0.3, -0.25) is 9.69 Å². The van der Waals surface area contributed by atoms with Gasteiger partial charge in [-0.2, -0.15) is 0 Å². The van der Waals surface area contributed by atoms with Crippen LogP contribution in [0, 0.1) is 5.92 Å². The lowest BCUT2D eigenvalue weighted by atomic mass is 10.2. The Morgan fingerprint density at radius 1 is 1.40 bits per heavy atom. The molecule has 1 atom stereocenters. The first-order valence-corrected chi connectivity index (χ1v) is 7.26. The molecule has 116 valence electrons. The molecular formula is C14H26N2O4. The molecule has 0 unspecified atom stereocenters. The van der Waals surface area contributed by atoms with Gasteiger partial charge in [0.15, 0.2) is 0 Å². The number of amides is 2. The zero-order valence-electron chi connectivity index (χ0n) is 12.7. The lowest BCUT2D eigenvalue weighted by Gasteiger charge is -2.23. The molecule has 20 heavy (non-hydrogen) atoms. The molecule has 1 heterocycles. The minimum atomic E-state index is -0.391. The number of ether oxygens (including phenoxy) is 2. The molecular weight excluding hydrogens is 260 g/mol. The molecule has 1 aliphatic heterocycles. The highest BCUT2D eigenvalue weighted by Crippen LogP contribution is 2.18. The van der Waals surface area contributed by atoms with Crippen molar-refractivity contribution in [3.63, 3.8) is 0 Å². The number of hydrogen-bond acceptors (Lipinski definition) is 4. The summed E-state index contributed by atoms with van der Waals surface area (Å²) in [4.78, 5) is 25.5. The Bertz CT molecular complexity index is 320. The molecule has 1 aliphatic rings. The van der Waals surface area contributed by atoms with Crippen molar-refractivity contribution in [2.75, 3.05) is 33.4 Å².